The van der Waals surface area contributed by atoms with Crippen molar-refractivity contribution in [2.75, 3.05) is 26.2 Å². The third kappa shape index (κ3) is 3.12. The van der Waals surface area contributed by atoms with E-state index in [0.717, 1.165) is 9.80 Å². The Morgan fingerprint density at radius 1 is 0.800 bits per heavy atom. The molecule has 2 saturated heterocycles. The Labute approximate surface area is 111 Å². The number of rotatable bonds is 0. The largest absolute Gasteiger partial charge is 0.393 e. The van der Waals surface area contributed by atoms with Gasteiger partial charge in [0.2, 0.25) is 0 Å². The normalized spacial score (nSPS) is 28.3. The van der Waals surface area contributed by atoms with Crippen molar-refractivity contribution in [3.05, 3.63) is 0 Å². The number of halogens is 6. The second-order valence-electron chi connectivity index (χ2n) is 5.23. The highest BCUT2D eigenvalue weighted by molar-refractivity contribution is 5.75. The van der Waals surface area contributed by atoms with Crippen LogP contribution in [0.2, 0.25) is 0 Å². The molecule has 2 rings (SSSR count). The van der Waals surface area contributed by atoms with Crippen molar-refractivity contribution in [3.8, 4) is 0 Å². The van der Waals surface area contributed by atoms with E-state index in [1.54, 1.807) is 0 Å². The lowest BCUT2D eigenvalue weighted by atomic mass is 10.1. The predicted molar refractivity (Wildman–Crippen MR) is 56.9 cm³/mol. The van der Waals surface area contributed by atoms with Crippen LogP contribution in [0.1, 0.15) is 12.8 Å². The van der Waals surface area contributed by atoms with Gasteiger partial charge in [0.15, 0.2) is 0 Å². The summed E-state index contributed by atoms with van der Waals surface area (Å²) in [6.45, 7) is -1.04. The first-order chi connectivity index (χ1) is 9.09. The van der Waals surface area contributed by atoms with E-state index in [-0.39, 0.29) is 25.9 Å². The maximum Gasteiger partial charge on any atom is 0.393 e. The van der Waals surface area contributed by atoms with Crippen LogP contribution in [0.3, 0.4) is 0 Å². The molecule has 0 aromatic carbocycles. The van der Waals surface area contributed by atoms with E-state index in [0.29, 0.717) is 0 Å². The minimum Gasteiger partial charge on any atom is -0.324 e. The van der Waals surface area contributed by atoms with Crippen LogP contribution in [0.5, 0.6) is 0 Å². The van der Waals surface area contributed by atoms with E-state index < -0.39 is 43.3 Å². The minimum atomic E-state index is -4.37. The molecule has 0 N–H and O–H groups in total. The molecule has 2 heterocycles. The zero-order chi connectivity index (χ0) is 15.1. The SMILES string of the molecule is O=C(N1CCC(C(F)(F)F)C1)N1CCC(C(F)(F)F)C1. The maximum absolute atomic E-state index is 12.5. The number of carbonyl (C=O) groups is 1. The fourth-order valence-corrected chi connectivity index (χ4v) is 2.60. The number of hydrogen-bond donors (Lipinski definition) is 0. The Hall–Kier alpha value is -1.15. The highest BCUT2D eigenvalue weighted by Gasteiger charge is 2.48. The van der Waals surface area contributed by atoms with Crippen LogP contribution in [0.25, 0.3) is 0 Å². The Balaban J connectivity index is 1.91. The second kappa shape index (κ2) is 5.00. The lowest BCUT2D eigenvalue weighted by Crippen LogP contribution is -2.42. The molecule has 0 bridgehead atoms. The van der Waals surface area contributed by atoms with Crippen molar-refractivity contribution in [1.82, 2.24) is 9.80 Å². The van der Waals surface area contributed by atoms with Gasteiger partial charge in [0, 0.05) is 26.2 Å². The number of alkyl halides is 6. The van der Waals surface area contributed by atoms with Gasteiger partial charge in [0.05, 0.1) is 11.8 Å². The van der Waals surface area contributed by atoms with Gasteiger partial charge in [-0.15, -0.1) is 0 Å². The highest BCUT2D eigenvalue weighted by atomic mass is 19.4. The predicted octanol–water partition coefficient (Wildman–Crippen LogP) is 2.87. The number of hydrogen-bond acceptors (Lipinski definition) is 1. The van der Waals surface area contributed by atoms with E-state index in [9.17, 15) is 31.1 Å². The van der Waals surface area contributed by atoms with Crippen LogP contribution in [-0.2, 0) is 0 Å². The molecular weight excluding hydrogens is 290 g/mol. The summed E-state index contributed by atoms with van der Waals surface area (Å²) in [7, 11) is 0. The molecule has 0 radical (unpaired) electrons. The van der Waals surface area contributed by atoms with Crippen molar-refractivity contribution in [2.24, 2.45) is 11.8 Å². The van der Waals surface area contributed by atoms with Crippen LogP contribution < -0.4 is 0 Å². The van der Waals surface area contributed by atoms with Crippen LogP contribution in [0, 0.1) is 11.8 Å². The monoisotopic (exact) mass is 304 g/mol. The van der Waals surface area contributed by atoms with E-state index in [4.69, 9.17) is 0 Å². The van der Waals surface area contributed by atoms with Crippen molar-refractivity contribution >= 4 is 6.03 Å². The number of carbonyl (C=O) groups excluding carboxylic acids is 1. The van der Waals surface area contributed by atoms with Crippen molar-refractivity contribution in [2.45, 2.75) is 25.2 Å². The highest BCUT2D eigenvalue weighted by Crippen LogP contribution is 2.36. The first-order valence-electron chi connectivity index (χ1n) is 6.26. The summed E-state index contributed by atoms with van der Waals surface area (Å²) in [6.07, 6.45) is -9.11. The summed E-state index contributed by atoms with van der Waals surface area (Å²) in [5.41, 5.74) is 0. The number of amides is 2. The second-order valence-corrected chi connectivity index (χ2v) is 5.23. The summed E-state index contributed by atoms with van der Waals surface area (Å²) in [4.78, 5) is 13.9. The summed E-state index contributed by atoms with van der Waals surface area (Å²) in [5.74, 6) is -3.15. The van der Waals surface area contributed by atoms with Crippen molar-refractivity contribution in [1.29, 1.82) is 0 Å². The summed E-state index contributed by atoms with van der Waals surface area (Å²) >= 11 is 0. The topological polar surface area (TPSA) is 23.6 Å². The maximum atomic E-state index is 12.5. The molecule has 0 aromatic heterocycles. The van der Waals surface area contributed by atoms with Gasteiger partial charge in [-0.05, 0) is 12.8 Å². The van der Waals surface area contributed by atoms with Gasteiger partial charge in [0.1, 0.15) is 0 Å². The molecule has 0 aliphatic carbocycles. The van der Waals surface area contributed by atoms with Gasteiger partial charge in [-0.2, -0.15) is 26.3 Å². The van der Waals surface area contributed by atoms with Gasteiger partial charge in [-0.25, -0.2) is 4.79 Å². The van der Waals surface area contributed by atoms with Crippen LogP contribution in [0.4, 0.5) is 31.1 Å². The van der Waals surface area contributed by atoms with Gasteiger partial charge in [0.25, 0.3) is 0 Å². The molecule has 2 unspecified atom stereocenters. The molecule has 0 saturated carbocycles. The molecular formula is C11H14F6N2O. The standard InChI is InChI=1S/C11H14F6N2O/c12-10(13,14)7-1-3-18(5-7)9(20)19-4-2-8(6-19)11(15,16)17/h7-8H,1-6H2. The van der Waals surface area contributed by atoms with E-state index in [1.807, 2.05) is 0 Å². The van der Waals surface area contributed by atoms with Crippen molar-refractivity contribution < 1.29 is 31.1 Å². The lowest BCUT2D eigenvalue weighted by molar-refractivity contribution is -0.170. The van der Waals surface area contributed by atoms with E-state index in [1.165, 1.54) is 0 Å². The van der Waals surface area contributed by atoms with Gasteiger partial charge in [-0.1, -0.05) is 0 Å². The number of likely N-dealkylation sites (tertiary alicyclic amines) is 2. The molecule has 2 amide bonds. The van der Waals surface area contributed by atoms with Crippen molar-refractivity contribution in [3.63, 3.8) is 0 Å². The first-order valence-corrected chi connectivity index (χ1v) is 6.26. The first kappa shape index (κ1) is 15.2. The average molecular weight is 304 g/mol. The molecule has 2 aliphatic heterocycles. The summed E-state index contributed by atoms with van der Waals surface area (Å²) in [5, 5.41) is 0. The Kier molecular flexibility index (Phi) is 3.81. The minimum absolute atomic E-state index is 0.0593. The average Bonchev–Trinajstić information content (AvgIpc) is 2.96. The zero-order valence-electron chi connectivity index (χ0n) is 10.5. The summed E-state index contributed by atoms with van der Waals surface area (Å²) < 4.78 is 75.0. The van der Waals surface area contributed by atoms with Crippen LogP contribution >= 0.6 is 0 Å². The summed E-state index contributed by atoms with van der Waals surface area (Å²) in [6, 6.07) is -0.719. The lowest BCUT2D eigenvalue weighted by Gasteiger charge is -2.25. The van der Waals surface area contributed by atoms with Gasteiger partial charge < -0.3 is 9.80 Å². The van der Waals surface area contributed by atoms with Gasteiger partial charge in [-0.3, -0.25) is 0 Å². The number of nitrogens with zero attached hydrogens (tertiary/aromatic N) is 2. The van der Waals surface area contributed by atoms with Gasteiger partial charge >= 0.3 is 18.4 Å². The van der Waals surface area contributed by atoms with E-state index >= 15 is 0 Å². The zero-order valence-corrected chi connectivity index (χ0v) is 10.5. The Morgan fingerprint density at radius 3 is 1.40 bits per heavy atom. The fourth-order valence-electron chi connectivity index (χ4n) is 2.60. The molecule has 0 aromatic rings. The molecule has 3 nitrogen and oxygen atoms in total. The molecule has 2 aliphatic rings. The van der Waals surface area contributed by atoms with Crippen LogP contribution in [0.15, 0.2) is 0 Å². The third-order valence-corrected chi connectivity index (χ3v) is 3.84. The molecule has 116 valence electrons. The molecule has 2 fully saturated rings. The van der Waals surface area contributed by atoms with E-state index in [2.05, 4.69) is 0 Å². The Bertz CT molecular complexity index is 346. The number of urea groups is 1. The molecule has 2 atom stereocenters. The third-order valence-electron chi connectivity index (χ3n) is 3.84. The fraction of sp³-hybridized carbons (Fsp3) is 0.909. The smallest absolute Gasteiger partial charge is 0.324 e. The molecule has 20 heavy (non-hydrogen) atoms. The Morgan fingerprint density at radius 2 is 1.15 bits per heavy atom. The quantitative estimate of drug-likeness (QED) is 0.631. The van der Waals surface area contributed by atoms with Crippen LogP contribution in [-0.4, -0.2) is 54.4 Å². The molecule has 9 heteroatoms. The molecule has 0 spiro atoms.